The van der Waals surface area contributed by atoms with Crippen molar-refractivity contribution in [1.29, 1.82) is 0 Å². The molecule has 0 amide bonds. The van der Waals surface area contributed by atoms with Crippen molar-refractivity contribution >= 4 is 17.4 Å². The van der Waals surface area contributed by atoms with Crippen LogP contribution in [-0.4, -0.2) is 24.6 Å². The molecule has 0 spiro atoms. The van der Waals surface area contributed by atoms with Gasteiger partial charge in [-0.1, -0.05) is 31.4 Å². The van der Waals surface area contributed by atoms with E-state index in [2.05, 4.69) is 24.2 Å². The van der Waals surface area contributed by atoms with Crippen molar-refractivity contribution in [3.05, 3.63) is 22.8 Å². The normalized spacial score (nSPS) is 15.9. The van der Waals surface area contributed by atoms with Gasteiger partial charge >= 0.3 is 0 Å². The smallest absolute Gasteiger partial charge is 0.128 e. The molecule has 106 valence electrons. The van der Waals surface area contributed by atoms with Gasteiger partial charge in [0.05, 0.1) is 10.7 Å². The van der Waals surface area contributed by atoms with Crippen LogP contribution < -0.4 is 10.2 Å². The largest absolute Gasteiger partial charge is 0.357 e. The van der Waals surface area contributed by atoms with Crippen LogP contribution in [0.3, 0.4) is 0 Å². The minimum absolute atomic E-state index is 0.644. The maximum absolute atomic E-state index is 6.22. The average Bonchev–Trinajstić information content (AvgIpc) is 2.94. The van der Waals surface area contributed by atoms with E-state index in [1.54, 1.807) is 0 Å². The van der Waals surface area contributed by atoms with Crippen LogP contribution in [0.4, 0.5) is 5.82 Å². The van der Waals surface area contributed by atoms with E-state index in [1.807, 2.05) is 12.1 Å². The second kappa shape index (κ2) is 7.11. The van der Waals surface area contributed by atoms with Crippen molar-refractivity contribution < 1.29 is 0 Å². The molecule has 1 heterocycles. The maximum atomic E-state index is 6.22. The predicted octanol–water partition coefficient (Wildman–Crippen LogP) is 3.61. The van der Waals surface area contributed by atoms with Gasteiger partial charge in [-0.15, -0.1) is 0 Å². The first kappa shape index (κ1) is 14.6. The van der Waals surface area contributed by atoms with Gasteiger partial charge in [0.2, 0.25) is 0 Å². The van der Waals surface area contributed by atoms with E-state index >= 15 is 0 Å². The summed E-state index contributed by atoms with van der Waals surface area (Å²) < 4.78 is 0. The summed E-state index contributed by atoms with van der Waals surface area (Å²) in [4.78, 5) is 7.03. The number of aromatic nitrogens is 1. The monoisotopic (exact) mass is 281 g/mol. The summed E-state index contributed by atoms with van der Waals surface area (Å²) >= 11 is 6.22. The second-order valence-electron chi connectivity index (χ2n) is 5.32. The van der Waals surface area contributed by atoms with Gasteiger partial charge in [0.1, 0.15) is 5.82 Å². The lowest BCUT2D eigenvalue weighted by Gasteiger charge is -2.26. The number of nitrogens with one attached hydrogen (secondary N) is 1. The molecule has 1 aliphatic rings. The molecule has 1 aromatic rings. The first-order chi connectivity index (χ1) is 9.22. The summed E-state index contributed by atoms with van der Waals surface area (Å²) in [6, 6.07) is 4.65. The SMILES string of the molecule is CCCNCc1nc(N(C)C2CCCC2)ccc1Cl. The Morgan fingerprint density at radius 2 is 2.11 bits per heavy atom. The average molecular weight is 282 g/mol. The van der Waals surface area contributed by atoms with E-state index in [4.69, 9.17) is 16.6 Å². The van der Waals surface area contributed by atoms with Crippen LogP contribution in [0.5, 0.6) is 0 Å². The van der Waals surface area contributed by atoms with E-state index in [-0.39, 0.29) is 0 Å². The molecule has 0 aliphatic heterocycles. The predicted molar refractivity (Wildman–Crippen MR) is 81.9 cm³/mol. The lowest BCUT2D eigenvalue weighted by molar-refractivity contribution is 0.637. The quantitative estimate of drug-likeness (QED) is 0.808. The second-order valence-corrected chi connectivity index (χ2v) is 5.73. The van der Waals surface area contributed by atoms with E-state index in [0.29, 0.717) is 6.04 Å². The van der Waals surface area contributed by atoms with E-state index < -0.39 is 0 Å². The van der Waals surface area contributed by atoms with Crippen LogP contribution in [-0.2, 0) is 6.54 Å². The molecule has 1 aliphatic carbocycles. The fourth-order valence-corrected chi connectivity index (χ4v) is 2.83. The number of nitrogens with zero attached hydrogens (tertiary/aromatic N) is 2. The summed E-state index contributed by atoms with van der Waals surface area (Å²) in [6.45, 7) is 3.91. The summed E-state index contributed by atoms with van der Waals surface area (Å²) in [7, 11) is 2.15. The van der Waals surface area contributed by atoms with E-state index in [1.165, 1.54) is 25.7 Å². The number of hydrogen-bond donors (Lipinski definition) is 1. The zero-order chi connectivity index (χ0) is 13.7. The minimum Gasteiger partial charge on any atom is -0.357 e. The maximum Gasteiger partial charge on any atom is 0.128 e. The number of pyridine rings is 1. The lowest BCUT2D eigenvalue weighted by Crippen LogP contribution is -2.30. The summed E-state index contributed by atoms with van der Waals surface area (Å²) in [5.74, 6) is 1.05. The number of hydrogen-bond acceptors (Lipinski definition) is 3. The van der Waals surface area contributed by atoms with Crippen LogP contribution >= 0.6 is 11.6 Å². The van der Waals surface area contributed by atoms with Gasteiger partial charge in [-0.2, -0.15) is 0 Å². The molecule has 1 fully saturated rings. The van der Waals surface area contributed by atoms with Gasteiger partial charge in [-0.25, -0.2) is 4.98 Å². The van der Waals surface area contributed by atoms with Crippen molar-refractivity contribution in [2.75, 3.05) is 18.5 Å². The minimum atomic E-state index is 0.644. The topological polar surface area (TPSA) is 28.2 Å². The standard InChI is InChI=1S/C15H24ClN3/c1-3-10-17-11-14-13(16)8-9-15(18-14)19(2)12-6-4-5-7-12/h8-9,12,17H,3-7,10-11H2,1-2H3. The zero-order valence-electron chi connectivity index (χ0n) is 12.0. The third kappa shape index (κ3) is 3.83. The first-order valence-electron chi connectivity index (χ1n) is 7.31. The Kier molecular flexibility index (Phi) is 5.46. The Morgan fingerprint density at radius 3 is 2.79 bits per heavy atom. The Labute approximate surface area is 121 Å². The highest BCUT2D eigenvalue weighted by atomic mass is 35.5. The van der Waals surface area contributed by atoms with Crippen molar-refractivity contribution in [1.82, 2.24) is 10.3 Å². The van der Waals surface area contributed by atoms with Crippen LogP contribution in [0.1, 0.15) is 44.7 Å². The van der Waals surface area contributed by atoms with Gasteiger partial charge < -0.3 is 10.2 Å². The highest BCUT2D eigenvalue weighted by Crippen LogP contribution is 2.27. The zero-order valence-corrected chi connectivity index (χ0v) is 12.7. The Balaban J connectivity index is 2.06. The highest BCUT2D eigenvalue weighted by Gasteiger charge is 2.21. The molecule has 0 saturated heterocycles. The summed E-state index contributed by atoms with van der Waals surface area (Å²) in [6.07, 6.45) is 6.37. The van der Waals surface area contributed by atoms with E-state index in [9.17, 15) is 0 Å². The molecule has 0 aromatic carbocycles. The molecule has 1 N–H and O–H groups in total. The molecule has 3 nitrogen and oxygen atoms in total. The Hall–Kier alpha value is -0.800. The summed E-state index contributed by atoms with van der Waals surface area (Å²) in [5.41, 5.74) is 0.956. The van der Waals surface area contributed by atoms with Crippen LogP contribution in [0, 0.1) is 0 Å². The van der Waals surface area contributed by atoms with Gasteiger partial charge in [-0.05, 0) is 37.9 Å². The van der Waals surface area contributed by atoms with Crippen LogP contribution in [0.2, 0.25) is 5.02 Å². The Morgan fingerprint density at radius 1 is 1.37 bits per heavy atom. The third-order valence-corrected chi connectivity index (χ3v) is 4.20. The number of rotatable bonds is 6. The number of anilines is 1. The molecule has 1 aromatic heterocycles. The Bertz CT molecular complexity index is 402. The van der Waals surface area contributed by atoms with Gasteiger partial charge in [0.25, 0.3) is 0 Å². The fourth-order valence-electron chi connectivity index (χ4n) is 2.66. The molecule has 0 bridgehead atoms. The van der Waals surface area contributed by atoms with Gasteiger partial charge in [-0.3, -0.25) is 0 Å². The molecule has 19 heavy (non-hydrogen) atoms. The van der Waals surface area contributed by atoms with Gasteiger partial charge in [0.15, 0.2) is 0 Å². The van der Waals surface area contributed by atoms with Gasteiger partial charge in [0, 0.05) is 19.6 Å². The summed E-state index contributed by atoms with van der Waals surface area (Å²) in [5, 5.41) is 4.12. The van der Waals surface area contributed by atoms with Crippen molar-refractivity contribution in [3.63, 3.8) is 0 Å². The lowest BCUT2D eigenvalue weighted by atomic mass is 10.2. The third-order valence-electron chi connectivity index (χ3n) is 3.86. The fraction of sp³-hybridized carbons (Fsp3) is 0.667. The van der Waals surface area contributed by atoms with Crippen molar-refractivity contribution in [2.45, 2.75) is 51.6 Å². The van der Waals surface area contributed by atoms with Crippen molar-refractivity contribution in [3.8, 4) is 0 Å². The molecule has 1 saturated carbocycles. The molecule has 4 heteroatoms. The number of halogens is 1. The molecule has 0 unspecified atom stereocenters. The molecule has 0 atom stereocenters. The van der Waals surface area contributed by atoms with Crippen LogP contribution in [0.15, 0.2) is 12.1 Å². The van der Waals surface area contributed by atoms with Crippen LogP contribution in [0.25, 0.3) is 0 Å². The molecule has 0 radical (unpaired) electrons. The van der Waals surface area contributed by atoms with E-state index in [0.717, 1.165) is 36.0 Å². The first-order valence-corrected chi connectivity index (χ1v) is 7.69. The van der Waals surface area contributed by atoms with Crippen molar-refractivity contribution in [2.24, 2.45) is 0 Å². The molecule has 2 rings (SSSR count). The molecular formula is C15H24ClN3. The molecular weight excluding hydrogens is 258 g/mol. The highest BCUT2D eigenvalue weighted by molar-refractivity contribution is 6.31.